The van der Waals surface area contributed by atoms with Gasteiger partial charge in [0.1, 0.15) is 4.90 Å². The Labute approximate surface area is 159 Å². The lowest BCUT2D eigenvalue weighted by Gasteiger charge is -2.35. The van der Waals surface area contributed by atoms with E-state index in [4.69, 9.17) is 11.6 Å². The molecule has 3 rings (SSSR count). The number of sulfonamides is 1. The van der Waals surface area contributed by atoms with Crippen LogP contribution in [0.15, 0.2) is 27.6 Å². The van der Waals surface area contributed by atoms with E-state index in [2.05, 4.69) is 20.8 Å². The zero-order valence-electron chi connectivity index (χ0n) is 12.8. The average molecular weight is 455 g/mol. The van der Waals surface area contributed by atoms with E-state index >= 15 is 0 Å². The molecule has 0 radical (unpaired) electrons. The Hall–Kier alpha value is -0.320. The second-order valence-electron chi connectivity index (χ2n) is 5.62. The monoisotopic (exact) mass is 453 g/mol. The number of thioether (sulfide) groups is 1. The predicted molar refractivity (Wildman–Crippen MR) is 98.9 cm³/mol. The fraction of sp³-hybridized carbons (Fsp3) is 0.500. The third-order valence-electron chi connectivity index (χ3n) is 4.06. The molecule has 1 amide bonds. The first kappa shape index (κ1) is 18.5. The third kappa shape index (κ3) is 3.91. The maximum absolute atomic E-state index is 12.8. The quantitative estimate of drug-likeness (QED) is 0.700. The Balaban J connectivity index is 1.64. The molecule has 2 heterocycles. The molecule has 24 heavy (non-hydrogen) atoms. The predicted octanol–water partition coefficient (Wildman–Crippen LogP) is 2.54. The molecule has 0 atom stereocenters. The Kier molecular flexibility index (Phi) is 5.78. The first-order valence-electron chi connectivity index (χ1n) is 7.47. The van der Waals surface area contributed by atoms with Crippen molar-refractivity contribution in [2.45, 2.75) is 4.90 Å². The molecule has 1 aromatic carbocycles. The van der Waals surface area contributed by atoms with Crippen LogP contribution in [0, 0.1) is 0 Å². The fourth-order valence-corrected chi connectivity index (χ4v) is 5.98. The number of hydrogen-bond acceptors (Lipinski definition) is 5. The van der Waals surface area contributed by atoms with Crippen molar-refractivity contribution in [1.82, 2.24) is 14.1 Å². The van der Waals surface area contributed by atoms with Crippen LogP contribution in [0.2, 0.25) is 5.02 Å². The zero-order chi connectivity index (χ0) is 17.3. The number of piperazine rings is 1. The molecule has 10 heteroatoms. The first-order valence-corrected chi connectivity index (χ1v) is 11.1. The summed E-state index contributed by atoms with van der Waals surface area (Å²) in [6, 6.07) is 4.78. The van der Waals surface area contributed by atoms with Crippen LogP contribution in [0.4, 0.5) is 4.79 Å². The minimum absolute atomic E-state index is 0.103. The van der Waals surface area contributed by atoms with E-state index in [1.165, 1.54) is 22.1 Å². The van der Waals surface area contributed by atoms with Gasteiger partial charge < -0.3 is 4.90 Å². The molecule has 0 spiro atoms. The van der Waals surface area contributed by atoms with Crippen molar-refractivity contribution in [3.63, 3.8) is 0 Å². The summed E-state index contributed by atoms with van der Waals surface area (Å²) in [6.45, 7) is 3.31. The third-order valence-corrected chi connectivity index (χ3v) is 7.83. The van der Waals surface area contributed by atoms with E-state index in [0.717, 1.165) is 16.8 Å². The van der Waals surface area contributed by atoms with E-state index in [-0.39, 0.29) is 15.2 Å². The highest BCUT2D eigenvalue weighted by molar-refractivity contribution is 9.10. The highest BCUT2D eigenvalue weighted by Gasteiger charge is 2.31. The summed E-state index contributed by atoms with van der Waals surface area (Å²) in [6.07, 6.45) is 0. The molecule has 2 aliphatic heterocycles. The number of hydrogen-bond donors (Lipinski definition) is 0. The summed E-state index contributed by atoms with van der Waals surface area (Å²) in [7, 11) is -3.60. The van der Waals surface area contributed by atoms with Gasteiger partial charge in [0.15, 0.2) is 0 Å². The molecular formula is C14H17BrClN3O3S2. The molecule has 2 fully saturated rings. The van der Waals surface area contributed by atoms with Crippen LogP contribution in [-0.2, 0) is 10.0 Å². The Morgan fingerprint density at radius 3 is 2.46 bits per heavy atom. The van der Waals surface area contributed by atoms with Crippen LogP contribution in [0.1, 0.15) is 0 Å². The number of benzene rings is 1. The van der Waals surface area contributed by atoms with Gasteiger partial charge in [0, 0.05) is 42.9 Å². The zero-order valence-corrected chi connectivity index (χ0v) is 16.8. The number of amides is 1. The molecule has 0 bridgehead atoms. The molecular weight excluding hydrogens is 438 g/mol. The molecule has 132 valence electrons. The maximum atomic E-state index is 12.8. The standard InChI is InChI=1S/C14H17BrClN3O3S2/c15-11-1-2-13(12(16)9-11)24(21,22)19-5-3-17(4-6-19)10-18-7-8-23-14(18)20/h1-2,9H,3-8,10H2. The highest BCUT2D eigenvalue weighted by Crippen LogP contribution is 2.28. The van der Waals surface area contributed by atoms with E-state index in [1.807, 2.05) is 0 Å². The summed E-state index contributed by atoms with van der Waals surface area (Å²) in [5.41, 5.74) is 0. The van der Waals surface area contributed by atoms with E-state index in [1.54, 1.807) is 17.0 Å². The van der Waals surface area contributed by atoms with Gasteiger partial charge in [0.2, 0.25) is 10.0 Å². The van der Waals surface area contributed by atoms with Gasteiger partial charge in [-0.3, -0.25) is 9.69 Å². The molecule has 2 saturated heterocycles. The van der Waals surface area contributed by atoms with Crippen molar-refractivity contribution < 1.29 is 13.2 Å². The van der Waals surface area contributed by atoms with Gasteiger partial charge in [-0.15, -0.1) is 0 Å². The lowest BCUT2D eigenvalue weighted by atomic mass is 10.4. The molecule has 0 aliphatic carbocycles. The lowest BCUT2D eigenvalue weighted by molar-refractivity contribution is 0.126. The van der Waals surface area contributed by atoms with Gasteiger partial charge in [-0.1, -0.05) is 39.3 Å². The lowest BCUT2D eigenvalue weighted by Crippen LogP contribution is -2.51. The van der Waals surface area contributed by atoms with Crippen molar-refractivity contribution in [1.29, 1.82) is 0 Å². The molecule has 0 unspecified atom stereocenters. The molecule has 1 aromatic rings. The smallest absolute Gasteiger partial charge is 0.282 e. The molecule has 0 N–H and O–H groups in total. The van der Waals surface area contributed by atoms with Crippen molar-refractivity contribution in [2.75, 3.05) is 45.1 Å². The molecule has 0 aromatic heterocycles. The van der Waals surface area contributed by atoms with Crippen molar-refractivity contribution in [2.24, 2.45) is 0 Å². The highest BCUT2D eigenvalue weighted by atomic mass is 79.9. The van der Waals surface area contributed by atoms with Gasteiger partial charge in [-0.2, -0.15) is 4.31 Å². The van der Waals surface area contributed by atoms with Crippen molar-refractivity contribution >= 4 is 54.6 Å². The number of nitrogens with zero attached hydrogens (tertiary/aromatic N) is 3. The molecule has 0 saturated carbocycles. The molecule has 2 aliphatic rings. The Morgan fingerprint density at radius 1 is 1.17 bits per heavy atom. The van der Waals surface area contributed by atoms with Crippen molar-refractivity contribution in [3.8, 4) is 0 Å². The number of halogens is 2. The van der Waals surface area contributed by atoms with Gasteiger partial charge in [0.05, 0.1) is 11.7 Å². The normalized spacial score (nSPS) is 20.8. The summed E-state index contributed by atoms with van der Waals surface area (Å²) < 4.78 is 27.7. The van der Waals surface area contributed by atoms with Gasteiger partial charge in [0.25, 0.3) is 5.24 Å². The van der Waals surface area contributed by atoms with Crippen LogP contribution >= 0.6 is 39.3 Å². The summed E-state index contributed by atoms with van der Waals surface area (Å²) in [5, 5.41) is 0.318. The second-order valence-corrected chi connectivity index (χ2v) is 9.89. The van der Waals surface area contributed by atoms with E-state index in [9.17, 15) is 13.2 Å². The van der Waals surface area contributed by atoms with Crippen LogP contribution in [0.5, 0.6) is 0 Å². The largest absolute Gasteiger partial charge is 0.320 e. The minimum Gasteiger partial charge on any atom is -0.320 e. The topological polar surface area (TPSA) is 60.9 Å². The summed E-state index contributed by atoms with van der Waals surface area (Å²) in [4.78, 5) is 15.7. The Morgan fingerprint density at radius 2 is 1.88 bits per heavy atom. The maximum Gasteiger partial charge on any atom is 0.282 e. The molecule has 6 nitrogen and oxygen atoms in total. The second kappa shape index (κ2) is 7.51. The number of carbonyl (C=O) groups excluding carboxylic acids is 1. The van der Waals surface area contributed by atoms with Crippen LogP contribution < -0.4 is 0 Å². The number of rotatable bonds is 4. The van der Waals surface area contributed by atoms with Crippen molar-refractivity contribution in [3.05, 3.63) is 27.7 Å². The van der Waals surface area contributed by atoms with E-state index < -0.39 is 10.0 Å². The van der Waals surface area contributed by atoms with E-state index in [0.29, 0.717) is 32.8 Å². The Bertz CT molecular complexity index is 739. The first-order chi connectivity index (χ1) is 11.4. The SMILES string of the molecule is O=C1SCCN1CN1CCN(S(=O)(=O)c2ccc(Br)cc2Cl)CC1. The van der Waals surface area contributed by atoms with Gasteiger partial charge in [-0.05, 0) is 18.2 Å². The summed E-state index contributed by atoms with van der Waals surface area (Å²) >= 11 is 10.7. The average Bonchev–Trinajstić information content (AvgIpc) is 2.92. The van der Waals surface area contributed by atoms with Crippen LogP contribution in [0.3, 0.4) is 0 Å². The van der Waals surface area contributed by atoms with Crippen LogP contribution in [-0.4, -0.2) is 72.9 Å². The van der Waals surface area contributed by atoms with Crippen LogP contribution in [0.25, 0.3) is 0 Å². The minimum atomic E-state index is -3.60. The van der Waals surface area contributed by atoms with Gasteiger partial charge >= 0.3 is 0 Å². The number of carbonyl (C=O) groups is 1. The van der Waals surface area contributed by atoms with Gasteiger partial charge in [-0.25, -0.2) is 8.42 Å². The summed E-state index contributed by atoms with van der Waals surface area (Å²) in [5.74, 6) is 0.829. The fourth-order valence-electron chi connectivity index (χ4n) is 2.73.